The number of hydrogen-bond acceptors (Lipinski definition) is 4. The maximum Gasteiger partial charge on any atom is 0.325 e. The first-order valence-corrected chi connectivity index (χ1v) is 9.73. The number of urea groups is 1. The summed E-state index contributed by atoms with van der Waals surface area (Å²) < 4.78 is 5.81. The molecule has 0 aliphatic carbocycles. The van der Waals surface area contributed by atoms with E-state index in [9.17, 15) is 14.4 Å². The Balaban J connectivity index is 1.52. The lowest BCUT2D eigenvalue weighted by atomic mass is 9.85. The molecule has 4 rings (SSSR count). The molecular formula is C21H25N3O4. The lowest BCUT2D eigenvalue weighted by molar-refractivity contribution is -0.129. The number of hydrogen-bond donors (Lipinski definition) is 1. The third-order valence-electron chi connectivity index (χ3n) is 5.78. The van der Waals surface area contributed by atoms with Crippen LogP contribution in [0.25, 0.3) is 11.0 Å². The summed E-state index contributed by atoms with van der Waals surface area (Å²) in [5, 5.41) is 3.36. The Hall–Kier alpha value is -2.83. The third kappa shape index (κ3) is 2.85. The smallest absolute Gasteiger partial charge is 0.325 e. The van der Waals surface area contributed by atoms with Crippen LogP contribution in [-0.4, -0.2) is 52.8 Å². The Labute approximate surface area is 163 Å². The van der Waals surface area contributed by atoms with Gasteiger partial charge in [-0.05, 0) is 37.3 Å². The summed E-state index contributed by atoms with van der Waals surface area (Å²) in [7, 11) is 0. The largest absolute Gasteiger partial charge is 0.451 e. The number of furan rings is 1. The molecule has 28 heavy (non-hydrogen) atoms. The predicted molar refractivity (Wildman–Crippen MR) is 104 cm³/mol. The number of likely N-dealkylation sites (tertiary alicyclic amines) is 1. The van der Waals surface area contributed by atoms with Crippen LogP contribution in [0.4, 0.5) is 4.79 Å². The van der Waals surface area contributed by atoms with Gasteiger partial charge in [0.05, 0.1) is 0 Å². The molecule has 7 heteroatoms. The van der Waals surface area contributed by atoms with Crippen molar-refractivity contribution in [2.75, 3.05) is 19.6 Å². The van der Waals surface area contributed by atoms with E-state index >= 15 is 0 Å². The van der Waals surface area contributed by atoms with Crippen molar-refractivity contribution in [3.8, 4) is 0 Å². The van der Waals surface area contributed by atoms with Crippen molar-refractivity contribution in [2.24, 2.45) is 5.92 Å². The SMILES string of the molecule is Cc1cccc2cc(C(=O)N3CCC4(CC3)C(=O)NC(=O)N4CC(C)C)oc12. The molecule has 2 fully saturated rings. The van der Waals surface area contributed by atoms with Gasteiger partial charge in [-0.25, -0.2) is 4.79 Å². The zero-order valence-electron chi connectivity index (χ0n) is 16.4. The Bertz CT molecular complexity index is 954. The van der Waals surface area contributed by atoms with Crippen molar-refractivity contribution >= 4 is 28.8 Å². The highest BCUT2D eigenvalue weighted by molar-refractivity contribution is 6.07. The van der Waals surface area contributed by atoms with Crippen molar-refractivity contribution in [3.05, 3.63) is 35.6 Å². The third-order valence-corrected chi connectivity index (χ3v) is 5.78. The molecule has 2 saturated heterocycles. The number of amides is 4. The minimum absolute atomic E-state index is 0.175. The van der Waals surface area contributed by atoms with Crippen LogP contribution in [0.3, 0.4) is 0 Å². The molecule has 0 unspecified atom stereocenters. The predicted octanol–water partition coefficient (Wildman–Crippen LogP) is 2.92. The second kappa shape index (κ2) is 6.65. The fraction of sp³-hybridized carbons (Fsp3) is 0.476. The van der Waals surface area contributed by atoms with Crippen LogP contribution in [0.2, 0.25) is 0 Å². The van der Waals surface area contributed by atoms with E-state index in [-0.39, 0.29) is 23.8 Å². The molecule has 0 bridgehead atoms. The quantitative estimate of drug-likeness (QED) is 0.826. The van der Waals surface area contributed by atoms with Crippen LogP contribution >= 0.6 is 0 Å². The summed E-state index contributed by atoms with van der Waals surface area (Å²) in [6, 6.07) is 7.25. The molecule has 2 aliphatic heterocycles. The summed E-state index contributed by atoms with van der Waals surface area (Å²) in [5.74, 6) is 0.147. The fourth-order valence-electron chi connectivity index (χ4n) is 4.27. The zero-order chi connectivity index (χ0) is 20.1. The van der Waals surface area contributed by atoms with E-state index in [1.54, 1.807) is 15.9 Å². The summed E-state index contributed by atoms with van der Waals surface area (Å²) in [4.78, 5) is 41.1. The number of aryl methyl sites for hydroxylation is 1. The molecule has 1 spiro atoms. The highest BCUT2D eigenvalue weighted by Crippen LogP contribution is 2.34. The number of piperidine rings is 1. The Morgan fingerprint density at radius 2 is 1.96 bits per heavy atom. The molecule has 148 valence electrons. The standard InChI is InChI=1S/C21H25N3O4/c1-13(2)12-24-20(27)22-19(26)21(24)7-9-23(10-8-21)18(25)16-11-15-6-4-5-14(3)17(15)28-16/h4-6,11,13H,7-10,12H2,1-3H3,(H,22,26,27). The number of nitrogens with zero attached hydrogens (tertiary/aromatic N) is 2. The second-order valence-corrected chi connectivity index (χ2v) is 8.19. The van der Waals surface area contributed by atoms with E-state index in [1.807, 2.05) is 39.0 Å². The summed E-state index contributed by atoms with van der Waals surface area (Å²) in [6.07, 6.45) is 0.866. The summed E-state index contributed by atoms with van der Waals surface area (Å²) >= 11 is 0. The van der Waals surface area contributed by atoms with E-state index in [0.717, 1.165) is 16.5 Å². The van der Waals surface area contributed by atoms with Crippen LogP contribution < -0.4 is 5.32 Å². The van der Waals surface area contributed by atoms with Crippen molar-refractivity contribution in [1.82, 2.24) is 15.1 Å². The van der Waals surface area contributed by atoms with Gasteiger partial charge in [-0.15, -0.1) is 0 Å². The number of carbonyl (C=O) groups is 3. The van der Waals surface area contributed by atoms with Gasteiger partial charge in [0.25, 0.3) is 11.8 Å². The fourth-order valence-corrected chi connectivity index (χ4v) is 4.27. The maximum atomic E-state index is 12.9. The van der Waals surface area contributed by atoms with Crippen molar-refractivity contribution < 1.29 is 18.8 Å². The van der Waals surface area contributed by atoms with Crippen LogP contribution in [0.15, 0.2) is 28.7 Å². The van der Waals surface area contributed by atoms with E-state index in [1.165, 1.54) is 0 Å². The monoisotopic (exact) mass is 383 g/mol. The van der Waals surface area contributed by atoms with Crippen LogP contribution in [0.5, 0.6) is 0 Å². The molecule has 3 heterocycles. The van der Waals surface area contributed by atoms with Crippen LogP contribution in [0.1, 0.15) is 42.8 Å². The van der Waals surface area contributed by atoms with Gasteiger partial charge >= 0.3 is 6.03 Å². The normalized spacial score (nSPS) is 19.1. The first-order chi connectivity index (χ1) is 13.3. The van der Waals surface area contributed by atoms with E-state index in [4.69, 9.17) is 4.42 Å². The molecule has 1 aromatic heterocycles. The number of fused-ring (bicyclic) bond motifs is 1. The van der Waals surface area contributed by atoms with Gasteiger partial charge in [-0.2, -0.15) is 0 Å². The topological polar surface area (TPSA) is 82.9 Å². The van der Waals surface area contributed by atoms with Gasteiger partial charge in [0.2, 0.25) is 0 Å². The van der Waals surface area contributed by atoms with Gasteiger partial charge in [-0.3, -0.25) is 14.9 Å². The van der Waals surface area contributed by atoms with Gasteiger partial charge in [0, 0.05) is 25.0 Å². The minimum Gasteiger partial charge on any atom is -0.451 e. The van der Waals surface area contributed by atoms with E-state index in [2.05, 4.69) is 5.32 Å². The number of imide groups is 1. The summed E-state index contributed by atoms with van der Waals surface area (Å²) in [6.45, 7) is 7.32. The van der Waals surface area contributed by atoms with E-state index in [0.29, 0.717) is 38.2 Å². The molecule has 2 aromatic rings. The van der Waals surface area contributed by atoms with Crippen LogP contribution in [0, 0.1) is 12.8 Å². The maximum absolute atomic E-state index is 12.9. The molecule has 0 radical (unpaired) electrons. The van der Waals surface area contributed by atoms with Gasteiger partial charge in [0.15, 0.2) is 5.76 Å². The van der Waals surface area contributed by atoms with Crippen molar-refractivity contribution in [3.63, 3.8) is 0 Å². The van der Waals surface area contributed by atoms with E-state index < -0.39 is 5.54 Å². The molecular weight excluding hydrogens is 358 g/mol. The number of carbonyl (C=O) groups excluding carboxylic acids is 3. The molecule has 1 N–H and O–H groups in total. The van der Waals surface area contributed by atoms with Crippen molar-refractivity contribution in [2.45, 2.75) is 39.2 Å². The number of rotatable bonds is 3. The molecule has 2 aliphatic rings. The first-order valence-electron chi connectivity index (χ1n) is 9.73. The Morgan fingerprint density at radius 3 is 2.61 bits per heavy atom. The second-order valence-electron chi connectivity index (χ2n) is 8.19. The number of benzene rings is 1. The van der Waals surface area contributed by atoms with Gasteiger partial charge in [0.1, 0.15) is 11.1 Å². The van der Waals surface area contributed by atoms with Crippen molar-refractivity contribution in [1.29, 1.82) is 0 Å². The highest BCUT2D eigenvalue weighted by Gasteiger charge is 2.54. The molecule has 0 saturated carbocycles. The highest BCUT2D eigenvalue weighted by atomic mass is 16.3. The number of nitrogens with one attached hydrogen (secondary N) is 1. The summed E-state index contributed by atoms with van der Waals surface area (Å²) in [5.41, 5.74) is 0.866. The Kier molecular flexibility index (Phi) is 4.40. The van der Waals surface area contributed by atoms with Gasteiger partial charge in [-0.1, -0.05) is 32.0 Å². The lowest BCUT2D eigenvalue weighted by Gasteiger charge is -2.42. The molecule has 7 nitrogen and oxygen atoms in total. The first kappa shape index (κ1) is 18.5. The average molecular weight is 383 g/mol. The lowest BCUT2D eigenvalue weighted by Crippen LogP contribution is -2.57. The van der Waals surface area contributed by atoms with Crippen LogP contribution in [-0.2, 0) is 4.79 Å². The molecule has 0 atom stereocenters. The molecule has 1 aromatic carbocycles. The molecule has 4 amide bonds. The average Bonchev–Trinajstić information content (AvgIpc) is 3.18. The minimum atomic E-state index is -0.845. The zero-order valence-corrected chi connectivity index (χ0v) is 16.4. The van der Waals surface area contributed by atoms with Gasteiger partial charge < -0.3 is 14.2 Å². The Morgan fingerprint density at radius 1 is 1.25 bits per heavy atom. The number of para-hydroxylation sites is 1.